The normalized spacial score (nSPS) is 14.6. The minimum atomic E-state index is -4.31. The van der Waals surface area contributed by atoms with Gasteiger partial charge in [-0.3, -0.25) is 13.8 Å². The monoisotopic (exact) mass is 826 g/mol. The van der Waals surface area contributed by atoms with Crippen molar-refractivity contribution in [1.29, 1.82) is 0 Å². The van der Waals surface area contributed by atoms with Gasteiger partial charge >= 0.3 is 13.8 Å². The summed E-state index contributed by atoms with van der Waals surface area (Å²) in [5.41, 5.74) is 5.37. The molecule has 0 radical (unpaired) electrons. The van der Waals surface area contributed by atoms with Crippen molar-refractivity contribution in [1.82, 2.24) is 0 Å². The molecule has 2 unspecified atom stereocenters. The highest BCUT2D eigenvalue weighted by molar-refractivity contribution is 7.47. The summed E-state index contributed by atoms with van der Waals surface area (Å²) in [6, 6.07) is 0. The molecule has 0 saturated heterocycles. The highest BCUT2D eigenvalue weighted by Crippen LogP contribution is 2.43. The van der Waals surface area contributed by atoms with Crippen LogP contribution in [-0.4, -0.2) is 49.9 Å². The van der Waals surface area contributed by atoms with E-state index in [4.69, 9.17) is 24.3 Å². The average Bonchev–Trinajstić information content (AvgIpc) is 3.21. The lowest BCUT2D eigenvalue weighted by molar-refractivity contribution is -0.154. The van der Waals surface area contributed by atoms with E-state index < -0.39 is 19.9 Å². The molecule has 0 heterocycles. The van der Waals surface area contributed by atoms with Crippen molar-refractivity contribution in [3.05, 3.63) is 122 Å². The van der Waals surface area contributed by atoms with Crippen LogP contribution < -0.4 is 5.73 Å². The number of ether oxygens (including phenoxy) is 2. The van der Waals surface area contributed by atoms with E-state index in [2.05, 4.69) is 135 Å². The molecule has 0 aromatic heterocycles. The van der Waals surface area contributed by atoms with E-state index in [-0.39, 0.29) is 32.8 Å². The number of unbranched alkanes of at least 4 members (excludes halogenated alkanes) is 7. The molecule has 0 aliphatic carbocycles. The zero-order chi connectivity index (χ0) is 42.3. The Hall–Kier alpha value is -3.10. The van der Waals surface area contributed by atoms with Gasteiger partial charge in [0, 0.05) is 19.6 Å². The smallest absolute Gasteiger partial charge is 0.457 e. The van der Waals surface area contributed by atoms with Crippen LogP contribution in [0.1, 0.15) is 142 Å². The van der Waals surface area contributed by atoms with Crippen LogP contribution in [0.15, 0.2) is 122 Å². The Labute approximate surface area is 354 Å². The van der Waals surface area contributed by atoms with Crippen molar-refractivity contribution >= 4 is 13.8 Å². The fourth-order valence-electron chi connectivity index (χ4n) is 5.23. The first-order chi connectivity index (χ1) is 28.4. The first-order valence-corrected chi connectivity index (χ1v) is 23.5. The Morgan fingerprint density at radius 3 is 1.36 bits per heavy atom. The number of rotatable bonds is 40. The van der Waals surface area contributed by atoms with Crippen LogP contribution >= 0.6 is 7.82 Å². The molecule has 0 aromatic rings. The molecule has 0 aliphatic heterocycles. The number of phosphoric ester groups is 1. The van der Waals surface area contributed by atoms with E-state index in [0.717, 1.165) is 96.3 Å². The summed E-state index contributed by atoms with van der Waals surface area (Å²) in [6.07, 6.45) is 62.3. The van der Waals surface area contributed by atoms with Crippen LogP contribution in [0.5, 0.6) is 0 Å². The number of phosphoric acid groups is 1. The zero-order valence-electron chi connectivity index (χ0n) is 36.2. The molecule has 0 rings (SSSR count). The Kier molecular flexibility index (Phi) is 42.6. The molecule has 3 N–H and O–H groups in total. The molecule has 58 heavy (non-hydrogen) atoms. The van der Waals surface area contributed by atoms with E-state index in [9.17, 15) is 14.3 Å². The number of carbonyl (C=O) groups is 1. The Morgan fingerprint density at radius 1 is 0.517 bits per heavy atom. The maximum absolute atomic E-state index is 12.6. The van der Waals surface area contributed by atoms with E-state index >= 15 is 0 Å². The van der Waals surface area contributed by atoms with Crippen LogP contribution in [0.25, 0.3) is 0 Å². The van der Waals surface area contributed by atoms with Crippen molar-refractivity contribution in [2.45, 2.75) is 148 Å². The fraction of sp³-hybridized carbons (Fsp3) is 0.571. The van der Waals surface area contributed by atoms with E-state index in [1.54, 1.807) is 0 Å². The van der Waals surface area contributed by atoms with Gasteiger partial charge in [-0.15, -0.1) is 0 Å². The van der Waals surface area contributed by atoms with Crippen LogP contribution in [0.4, 0.5) is 0 Å². The number of allylic oxidation sites excluding steroid dienone is 20. The standard InChI is InChI=1S/C49H80NO7P/c1-3-5-7-9-11-13-15-17-19-21-22-23-24-25-27-29-31-33-35-37-39-41-44-54-46-48(47-56-58(52,53)55-45-43-50)57-49(51)42-40-38-36-34-32-30-28-26-20-18-16-14-12-10-8-6-4-2/h5-8,11-14,17-20,22-23,25,27-28,30,34,36,48H,3-4,9-10,15-16,21,24,26,29,31-33,35,37-47,50H2,1-2H3,(H,52,53)/b7-5-,8-6-,13-11-,14-12-,19-17-,20-18-,23-22-,27-25-,30-28-,36-34-. The second-order valence-electron chi connectivity index (χ2n) is 13.8. The molecule has 0 spiro atoms. The average molecular weight is 826 g/mol. The summed E-state index contributed by atoms with van der Waals surface area (Å²) in [6.45, 7) is 4.53. The summed E-state index contributed by atoms with van der Waals surface area (Å²) in [7, 11) is -4.31. The van der Waals surface area contributed by atoms with Gasteiger partial charge in [-0.05, 0) is 96.3 Å². The second kappa shape index (κ2) is 45.0. The van der Waals surface area contributed by atoms with Crippen LogP contribution in [0.3, 0.4) is 0 Å². The Morgan fingerprint density at radius 2 is 0.914 bits per heavy atom. The number of hydrogen-bond donors (Lipinski definition) is 2. The third-order valence-electron chi connectivity index (χ3n) is 8.37. The first kappa shape index (κ1) is 54.9. The van der Waals surface area contributed by atoms with E-state index in [0.29, 0.717) is 13.0 Å². The molecule has 328 valence electrons. The van der Waals surface area contributed by atoms with Crippen molar-refractivity contribution in [3.63, 3.8) is 0 Å². The molecule has 0 amide bonds. The van der Waals surface area contributed by atoms with Gasteiger partial charge in [0.2, 0.25) is 0 Å². The topological polar surface area (TPSA) is 117 Å². The second-order valence-corrected chi connectivity index (χ2v) is 15.2. The molecular weight excluding hydrogens is 746 g/mol. The maximum atomic E-state index is 12.6. The number of nitrogens with two attached hydrogens (primary N) is 1. The maximum Gasteiger partial charge on any atom is 0.472 e. The van der Waals surface area contributed by atoms with Gasteiger partial charge in [0.15, 0.2) is 0 Å². The molecule has 2 atom stereocenters. The zero-order valence-corrected chi connectivity index (χ0v) is 37.1. The van der Waals surface area contributed by atoms with Gasteiger partial charge in [-0.1, -0.05) is 161 Å². The first-order valence-electron chi connectivity index (χ1n) is 22.0. The molecule has 8 nitrogen and oxygen atoms in total. The van der Waals surface area contributed by atoms with Crippen LogP contribution in [-0.2, 0) is 27.9 Å². The molecule has 0 fully saturated rings. The summed E-state index contributed by atoms with van der Waals surface area (Å²) in [5.74, 6) is -0.398. The molecule has 0 saturated carbocycles. The third-order valence-corrected chi connectivity index (χ3v) is 9.36. The fourth-order valence-corrected chi connectivity index (χ4v) is 6.00. The van der Waals surface area contributed by atoms with Gasteiger partial charge in [-0.25, -0.2) is 4.57 Å². The summed E-state index contributed by atoms with van der Waals surface area (Å²) in [5, 5.41) is 0. The number of carbonyl (C=O) groups excluding carboxylic acids is 1. The largest absolute Gasteiger partial charge is 0.472 e. The van der Waals surface area contributed by atoms with Gasteiger partial charge in [0.1, 0.15) is 6.10 Å². The summed E-state index contributed by atoms with van der Waals surface area (Å²) >= 11 is 0. The lowest BCUT2D eigenvalue weighted by atomic mass is 10.1. The minimum Gasteiger partial charge on any atom is -0.457 e. The summed E-state index contributed by atoms with van der Waals surface area (Å²) < 4.78 is 33.4. The summed E-state index contributed by atoms with van der Waals surface area (Å²) in [4.78, 5) is 22.5. The van der Waals surface area contributed by atoms with Crippen molar-refractivity contribution in [2.24, 2.45) is 5.73 Å². The van der Waals surface area contributed by atoms with Crippen molar-refractivity contribution in [2.75, 3.05) is 33.0 Å². The Balaban J connectivity index is 4.18. The van der Waals surface area contributed by atoms with Crippen molar-refractivity contribution in [3.8, 4) is 0 Å². The van der Waals surface area contributed by atoms with Gasteiger partial charge in [0.05, 0.1) is 19.8 Å². The molecule has 0 aromatic carbocycles. The van der Waals surface area contributed by atoms with Gasteiger partial charge < -0.3 is 20.1 Å². The lowest BCUT2D eigenvalue weighted by Crippen LogP contribution is -2.28. The van der Waals surface area contributed by atoms with Crippen LogP contribution in [0.2, 0.25) is 0 Å². The predicted molar refractivity (Wildman–Crippen MR) is 247 cm³/mol. The molecule has 0 aliphatic rings. The van der Waals surface area contributed by atoms with Crippen molar-refractivity contribution < 1.29 is 32.8 Å². The van der Waals surface area contributed by atoms with Gasteiger partial charge in [-0.2, -0.15) is 0 Å². The molecular formula is C49H80NO7P. The van der Waals surface area contributed by atoms with Crippen LogP contribution in [0, 0.1) is 0 Å². The minimum absolute atomic E-state index is 0.0741. The van der Waals surface area contributed by atoms with E-state index in [1.807, 2.05) is 0 Å². The molecule has 0 bridgehead atoms. The molecule has 9 heteroatoms. The predicted octanol–water partition coefficient (Wildman–Crippen LogP) is 13.4. The quantitative estimate of drug-likeness (QED) is 0.0271. The van der Waals surface area contributed by atoms with E-state index in [1.165, 1.54) is 19.3 Å². The highest BCUT2D eigenvalue weighted by atomic mass is 31.2. The number of esters is 1. The SMILES string of the molecule is CC/C=C\C/C=C\C/C=C\C/C=C\C/C=C\CCCCCCCCOCC(COP(=O)(O)OCCN)OC(=O)CCC/C=C\C/C=C\C/C=C\C/C=C\C/C=C\CC. The highest BCUT2D eigenvalue weighted by Gasteiger charge is 2.25. The Bertz CT molecular complexity index is 1290. The number of hydrogen-bond acceptors (Lipinski definition) is 7. The third kappa shape index (κ3) is 44.0. The lowest BCUT2D eigenvalue weighted by Gasteiger charge is -2.20. The van der Waals surface area contributed by atoms with Gasteiger partial charge in [0.25, 0.3) is 0 Å².